The van der Waals surface area contributed by atoms with Crippen molar-refractivity contribution in [3.8, 4) is 23.2 Å². The molecule has 12 heteroatoms. The van der Waals surface area contributed by atoms with E-state index in [1.54, 1.807) is 18.5 Å². The molecule has 3 N–H and O–H groups in total. The van der Waals surface area contributed by atoms with Crippen molar-refractivity contribution in [2.45, 2.75) is 68.8 Å². The predicted octanol–water partition coefficient (Wildman–Crippen LogP) is 3.31. The molecule has 0 spiro atoms. The van der Waals surface area contributed by atoms with E-state index in [1.165, 1.54) is 12.4 Å². The fourth-order valence-corrected chi connectivity index (χ4v) is 6.46. The Morgan fingerprint density at radius 1 is 1.00 bits per heavy atom. The number of pyridine rings is 1. The van der Waals surface area contributed by atoms with Crippen LogP contribution >= 0.6 is 0 Å². The van der Waals surface area contributed by atoms with Crippen LogP contribution in [0.3, 0.4) is 0 Å². The molecule has 0 unspecified atom stereocenters. The summed E-state index contributed by atoms with van der Waals surface area (Å²) in [6.07, 6.45) is 12.6. The minimum absolute atomic E-state index is 0.228. The Labute approximate surface area is 233 Å². The summed E-state index contributed by atoms with van der Waals surface area (Å²) in [5, 5.41) is 20.5. The van der Waals surface area contributed by atoms with E-state index in [9.17, 15) is 13.5 Å². The van der Waals surface area contributed by atoms with Crippen molar-refractivity contribution in [2.24, 2.45) is 5.92 Å². The summed E-state index contributed by atoms with van der Waals surface area (Å²) in [5.74, 6) is 8.52. The van der Waals surface area contributed by atoms with E-state index >= 15 is 0 Å². The molecule has 40 heavy (non-hydrogen) atoms. The average molecular weight is 564 g/mol. The van der Waals surface area contributed by atoms with E-state index in [0.29, 0.717) is 41.8 Å². The van der Waals surface area contributed by atoms with Gasteiger partial charge in [0.2, 0.25) is 0 Å². The fourth-order valence-electron chi connectivity index (χ4n) is 4.98. The van der Waals surface area contributed by atoms with Crippen LogP contribution in [0, 0.1) is 17.8 Å². The molecule has 3 aromatic rings. The van der Waals surface area contributed by atoms with Crippen LogP contribution in [0.4, 0.5) is 17.3 Å². The molecular weight excluding hydrogens is 530 g/mol. The number of ether oxygens (including phenoxy) is 1. The van der Waals surface area contributed by atoms with Gasteiger partial charge in [-0.15, -0.1) is 0 Å². The third kappa shape index (κ3) is 6.27. The van der Waals surface area contributed by atoms with Crippen LogP contribution in [0.25, 0.3) is 11.4 Å². The lowest BCUT2D eigenvalue weighted by Crippen LogP contribution is -2.28. The van der Waals surface area contributed by atoms with E-state index in [-0.39, 0.29) is 17.4 Å². The second-order valence-electron chi connectivity index (χ2n) is 10.7. The molecule has 0 bridgehead atoms. The van der Waals surface area contributed by atoms with Crippen LogP contribution in [0.15, 0.2) is 36.9 Å². The van der Waals surface area contributed by atoms with Crippen molar-refractivity contribution in [3.05, 3.63) is 42.5 Å². The lowest BCUT2D eigenvalue weighted by molar-refractivity contribution is 0.0807. The summed E-state index contributed by atoms with van der Waals surface area (Å²) in [7, 11) is -3.46. The van der Waals surface area contributed by atoms with Crippen molar-refractivity contribution in [1.82, 2.24) is 24.1 Å². The third-order valence-electron chi connectivity index (χ3n) is 7.53. The van der Waals surface area contributed by atoms with Gasteiger partial charge in [-0.2, -0.15) is 9.19 Å². The van der Waals surface area contributed by atoms with Gasteiger partial charge in [0.25, 0.3) is 10.0 Å². The molecule has 3 fully saturated rings. The van der Waals surface area contributed by atoms with Crippen LogP contribution in [0.2, 0.25) is 0 Å². The lowest BCUT2D eigenvalue weighted by atomic mass is 9.93. The molecule has 3 aliphatic rings. The van der Waals surface area contributed by atoms with Gasteiger partial charge < -0.3 is 20.5 Å². The molecule has 6 rings (SSSR count). The summed E-state index contributed by atoms with van der Waals surface area (Å²) in [6, 6.07) is 3.91. The average Bonchev–Trinajstić information content (AvgIpc) is 3.71. The van der Waals surface area contributed by atoms with Crippen molar-refractivity contribution in [2.75, 3.05) is 23.8 Å². The number of nitrogens with zero attached hydrogens (tertiary/aromatic N) is 5. The summed E-state index contributed by atoms with van der Waals surface area (Å²) in [5.41, 5.74) is 2.23. The number of rotatable bonds is 7. The maximum atomic E-state index is 12.5. The topological polar surface area (TPSA) is 144 Å². The van der Waals surface area contributed by atoms with Crippen molar-refractivity contribution < 1.29 is 18.3 Å². The summed E-state index contributed by atoms with van der Waals surface area (Å²) < 4.78 is 31.5. The van der Waals surface area contributed by atoms with E-state index in [1.807, 2.05) is 6.07 Å². The number of hydrogen-bond acceptors (Lipinski definition) is 10. The fraction of sp³-hybridized carbons (Fsp3) is 0.500. The third-order valence-corrected chi connectivity index (χ3v) is 9.56. The Hall–Kier alpha value is -3.53. The molecule has 210 valence electrons. The number of hydrogen-bond donors (Lipinski definition) is 3. The number of nitrogens with one attached hydrogen (secondary N) is 2. The van der Waals surface area contributed by atoms with Crippen LogP contribution < -0.4 is 10.6 Å². The molecule has 2 aliphatic carbocycles. The molecule has 0 radical (unpaired) electrons. The standard InChI is InChI=1S/C28H33N7O4S/c36-23-5-3-22(4-6-23)32-25-15-27(30-16-20(25)2-1-19-10-13-39-14-11-19)33-26-9-12-29-28(34-26)21-17-31-35(18-21)40(37,38)24-7-8-24/h9,12,15-19,22-24,36H,3-8,10-11,13-14H2,(H2,29,30,32,33,34). The molecular formula is C28H33N7O4S. The minimum Gasteiger partial charge on any atom is -0.393 e. The van der Waals surface area contributed by atoms with E-state index < -0.39 is 10.0 Å². The van der Waals surface area contributed by atoms with Gasteiger partial charge in [-0.25, -0.2) is 23.4 Å². The van der Waals surface area contributed by atoms with Gasteiger partial charge in [-0.05, 0) is 57.4 Å². The van der Waals surface area contributed by atoms with Gasteiger partial charge in [0.15, 0.2) is 5.82 Å². The maximum absolute atomic E-state index is 12.5. The van der Waals surface area contributed by atoms with Gasteiger partial charge >= 0.3 is 0 Å². The molecule has 11 nitrogen and oxygen atoms in total. The quantitative estimate of drug-likeness (QED) is 0.366. The number of aromatic nitrogens is 5. The Morgan fingerprint density at radius 3 is 2.58 bits per heavy atom. The molecule has 1 saturated heterocycles. The van der Waals surface area contributed by atoms with Crippen LogP contribution in [-0.4, -0.2) is 68.3 Å². The molecule has 4 heterocycles. The highest BCUT2D eigenvalue weighted by atomic mass is 32.2. The summed E-state index contributed by atoms with van der Waals surface area (Å²) >= 11 is 0. The highest BCUT2D eigenvalue weighted by Crippen LogP contribution is 2.31. The second kappa shape index (κ2) is 11.5. The predicted molar refractivity (Wildman–Crippen MR) is 150 cm³/mol. The summed E-state index contributed by atoms with van der Waals surface area (Å²) in [6.45, 7) is 1.49. The Balaban J connectivity index is 1.22. The van der Waals surface area contributed by atoms with Crippen LogP contribution in [0.1, 0.15) is 56.9 Å². The molecule has 0 atom stereocenters. The second-order valence-corrected chi connectivity index (χ2v) is 12.7. The summed E-state index contributed by atoms with van der Waals surface area (Å²) in [4.78, 5) is 13.5. The smallest absolute Gasteiger partial charge is 0.256 e. The van der Waals surface area contributed by atoms with Gasteiger partial charge in [0.1, 0.15) is 11.6 Å². The van der Waals surface area contributed by atoms with E-state index in [2.05, 4.69) is 42.5 Å². The molecule has 2 saturated carbocycles. The van der Waals surface area contributed by atoms with Gasteiger partial charge in [-0.3, -0.25) is 0 Å². The number of aliphatic hydroxyl groups is 1. The minimum atomic E-state index is -3.46. The largest absolute Gasteiger partial charge is 0.393 e. The van der Waals surface area contributed by atoms with Gasteiger partial charge in [-0.1, -0.05) is 11.8 Å². The van der Waals surface area contributed by atoms with Crippen molar-refractivity contribution in [1.29, 1.82) is 0 Å². The highest BCUT2D eigenvalue weighted by molar-refractivity contribution is 7.90. The highest BCUT2D eigenvalue weighted by Gasteiger charge is 2.37. The maximum Gasteiger partial charge on any atom is 0.256 e. The molecule has 3 aromatic heterocycles. The zero-order chi connectivity index (χ0) is 27.5. The Morgan fingerprint density at radius 2 is 1.80 bits per heavy atom. The molecule has 1 aliphatic heterocycles. The Bertz CT molecular complexity index is 1510. The first-order valence-electron chi connectivity index (χ1n) is 13.9. The van der Waals surface area contributed by atoms with E-state index in [0.717, 1.165) is 67.1 Å². The first kappa shape index (κ1) is 26.7. The zero-order valence-electron chi connectivity index (χ0n) is 22.2. The number of aliphatic hydroxyl groups excluding tert-OH is 1. The first-order chi connectivity index (χ1) is 19.4. The van der Waals surface area contributed by atoms with Crippen LogP contribution in [-0.2, 0) is 14.8 Å². The van der Waals surface area contributed by atoms with Gasteiger partial charge in [0, 0.05) is 43.6 Å². The monoisotopic (exact) mass is 563 g/mol. The van der Waals surface area contributed by atoms with E-state index in [4.69, 9.17) is 4.74 Å². The first-order valence-corrected chi connectivity index (χ1v) is 15.4. The lowest BCUT2D eigenvalue weighted by Gasteiger charge is -2.27. The zero-order valence-corrected chi connectivity index (χ0v) is 23.0. The van der Waals surface area contributed by atoms with Crippen LogP contribution in [0.5, 0.6) is 0 Å². The van der Waals surface area contributed by atoms with Crippen molar-refractivity contribution >= 4 is 27.3 Å². The molecule has 0 aromatic carbocycles. The normalized spacial score (nSPS) is 21.8. The molecule has 0 amide bonds. The number of anilines is 3. The van der Waals surface area contributed by atoms with Gasteiger partial charge in [0.05, 0.1) is 40.6 Å². The SMILES string of the molecule is O=S(=O)(C1CC1)n1cc(-c2nccc(Nc3cc(NC4CCC(O)CC4)c(C#CC4CCOCC4)cn3)n2)cn1. The van der Waals surface area contributed by atoms with Crippen molar-refractivity contribution in [3.63, 3.8) is 0 Å². The Kier molecular flexibility index (Phi) is 7.69.